The third kappa shape index (κ3) is 2.04. The summed E-state index contributed by atoms with van der Waals surface area (Å²) in [6.45, 7) is -0.590. The van der Waals surface area contributed by atoms with E-state index in [1.807, 2.05) is 4.98 Å². The van der Waals surface area contributed by atoms with Gasteiger partial charge in [-0.3, -0.25) is 4.98 Å². The highest BCUT2D eigenvalue weighted by Gasteiger charge is 2.44. The molecule has 2 rings (SSSR count). The lowest BCUT2D eigenvalue weighted by Crippen LogP contribution is -2.51. The molecule has 0 amide bonds. The molecule has 4 N–H and O–H groups in total. The fourth-order valence-electron chi connectivity index (χ4n) is 1.89. The van der Waals surface area contributed by atoms with Crippen LogP contribution in [0.15, 0.2) is 14.4 Å². The molecule has 10 heteroatoms. The summed E-state index contributed by atoms with van der Waals surface area (Å²) < 4.78 is 6.15. The lowest BCUT2D eigenvalue weighted by Gasteiger charge is -2.16. The molecule has 0 radical (unpaired) electrons. The summed E-state index contributed by atoms with van der Waals surface area (Å²) in [5.41, 5.74) is -2.97. The van der Waals surface area contributed by atoms with Crippen LogP contribution in [0.2, 0.25) is 0 Å². The van der Waals surface area contributed by atoms with Crippen molar-refractivity contribution in [2.75, 3.05) is 6.61 Å². The van der Waals surface area contributed by atoms with E-state index in [0.717, 1.165) is 7.05 Å². The van der Waals surface area contributed by atoms with Crippen LogP contribution in [0, 0.1) is 0 Å². The van der Waals surface area contributed by atoms with Crippen molar-refractivity contribution in [2.24, 2.45) is 7.05 Å². The van der Waals surface area contributed by atoms with Crippen LogP contribution in [0.3, 0.4) is 0 Å². The van der Waals surface area contributed by atoms with E-state index in [9.17, 15) is 24.6 Å². The predicted molar refractivity (Wildman–Crippen MR) is 59.6 cm³/mol. The molecule has 10 nitrogen and oxygen atoms in total. The number of ether oxygens (including phenoxy) is 1. The summed E-state index contributed by atoms with van der Waals surface area (Å²) in [4.78, 5) is 36.5. The van der Waals surface area contributed by atoms with Crippen LogP contribution < -0.4 is 17.1 Å². The monoisotopic (exact) mass is 275 g/mol. The van der Waals surface area contributed by atoms with E-state index in [1.54, 1.807) is 0 Å². The molecule has 1 fully saturated rings. The van der Waals surface area contributed by atoms with Gasteiger partial charge in [-0.15, -0.1) is 0 Å². The molecule has 0 aliphatic carbocycles. The Morgan fingerprint density at radius 2 is 1.84 bits per heavy atom. The van der Waals surface area contributed by atoms with Gasteiger partial charge in [0.05, 0.1) is 6.61 Å². The molecule has 0 saturated carbocycles. The first-order valence-electron chi connectivity index (χ1n) is 5.42. The molecule has 19 heavy (non-hydrogen) atoms. The molecule has 0 bridgehead atoms. The van der Waals surface area contributed by atoms with Crippen LogP contribution in [0.4, 0.5) is 0 Å². The Bertz CT molecular complexity index is 644. The molecule has 0 aromatic carbocycles. The van der Waals surface area contributed by atoms with Crippen molar-refractivity contribution in [1.82, 2.24) is 14.1 Å². The Labute approximate surface area is 105 Å². The second-order valence-corrected chi connectivity index (χ2v) is 4.18. The van der Waals surface area contributed by atoms with E-state index >= 15 is 0 Å². The largest absolute Gasteiger partial charge is 0.394 e. The van der Waals surface area contributed by atoms with E-state index in [4.69, 9.17) is 9.84 Å². The van der Waals surface area contributed by atoms with Gasteiger partial charge in [-0.25, -0.2) is 23.5 Å². The van der Waals surface area contributed by atoms with Gasteiger partial charge in [-0.2, -0.15) is 0 Å². The highest BCUT2D eigenvalue weighted by Crippen LogP contribution is 2.26. The Balaban J connectivity index is 2.56. The second-order valence-electron chi connectivity index (χ2n) is 4.18. The van der Waals surface area contributed by atoms with Crippen molar-refractivity contribution in [2.45, 2.75) is 24.5 Å². The average Bonchev–Trinajstić information content (AvgIpc) is 2.64. The zero-order chi connectivity index (χ0) is 14.3. The van der Waals surface area contributed by atoms with Gasteiger partial charge in [0.1, 0.15) is 18.3 Å². The maximum Gasteiger partial charge on any atom is 0.338 e. The maximum absolute atomic E-state index is 11.8. The summed E-state index contributed by atoms with van der Waals surface area (Å²) in [6, 6.07) is 0. The molecule has 2 heterocycles. The molecule has 0 spiro atoms. The zero-order valence-electron chi connectivity index (χ0n) is 9.89. The lowest BCUT2D eigenvalue weighted by atomic mass is 10.1. The summed E-state index contributed by atoms with van der Waals surface area (Å²) >= 11 is 0. The van der Waals surface area contributed by atoms with Crippen LogP contribution in [0.1, 0.15) is 6.23 Å². The molecule has 1 aliphatic rings. The Morgan fingerprint density at radius 1 is 1.21 bits per heavy atom. The van der Waals surface area contributed by atoms with E-state index in [0.29, 0.717) is 9.13 Å². The number of aliphatic hydroxyl groups is 3. The molecular weight excluding hydrogens is 262 g/mol. The molecule has 4 atom stereocenters. The lowest BCUT2D eigenvalue weighted by molar-refractivity contribution is -0.0578. The first-order chi connectivity index (χ1) is 8.88. The number of aromatic amines is 1. The minimum absolute atomic E-state index is 0.477. The second kappa shape index (κ2) is 4.74. The number of rotatable bonds is 2. The highest BCUT2D eigenvalue weighted by molar-refractivity contribution is 4.90. The Morgan fingerprint density at radius 3 is 2.37 bits per heavy atom. The van der Waals surface area contributed by atoms with Gasteiger partial charge in [-0.05, 0) is 0 Å². The normalized spacial score (nSPS) is 30.7. The fourth-order valence-corrected chi connectivity index (χ4v) is 1.89. The van der Waals surface area contributed by atoms with Crippen molar-refractivity contribution in [3.63, 3.8) is 0 Å². The smallest absolute Gasteiger partial charge is 0.338 e. The summed E-state index contributed by atoms with van der Waals surface area (Å²) in [7, 11) is 1.14. The fraction of sp³-hybridized carbons (Fsp3) is 0.667. The molecule has 1 saturated heterocycles. The summed E-state index contributed by atoms with van der Waals surface area (Å²) in [5.74, 6) is 0. The molecule has 1 aromatic heterocycles. The molecule has 0 unspecified atom stereocenters. The Kier molecular flexibility index (Phi) is 3.41. The summed E-state index contributed by atoms with van der Waals surface area (Å²) in [6.07, 6.45) is -5.62. The third-order valence-electron chi connectivity index (χ3n) is 3.00. The van der Waals surface area contributed by atoms with Crippen LogP contribution >= 0.6 is 0 Å². The number of hydrogen-bond acceptors (Lipinski definition) is 7. The number of H-pyrrole nitrogens is 1. The van der Waals surface area contributed by atoms with Crippen molar-refractivity contribution >= 4 is 0 Å². The number of hydrogen-bond donors (Lipinski definition) is 4. The van der Waals surface area contributed by atoms with E-state index in [2.05, 4.69) is 0 Å². The topological polar surface area (TPSA) is 147 Å². The van der Waals surface area contributed by atoms with Crippen LogP contribution in [0.5, 0.6) is 0 Å². The maximum atomic E-state index is 11.8. The van der Waals surface area contributed by atoms with E-state index in [-0.39, 0.29) is 0 Å². The number of aromatic nitrogens is 3. The van der Waals surface area contributed by atoms with Crippen molar-refractivity contribution < 1.29 is 20.1 Å². The molecule has 1 aliphatic heterocycles. The minimum Gasteiger partial charge on any atom is -0.394 e. The van der Waals surface area contributed by atoms with Gasteiger partial charge in [0.15, 0.2) is 6.23 Å². The first kappa shape index (κ1) is 13.7. The first-order valence-corrected chi connectivity index (χ1v) is 5.42. The number of aliphatic hydroxyl groups excluding tert-OH is 3. The number of nitrogens with zero attached hydrogens (tertiary/aromatic N) is 2. The van der Waals surface area contributed by atoms with Gasteiger partial charge >= 0.3 is 17.1 Å². The van der Waals surface area contributed by atoms with Crippen LogP contribution in [-0.4, -0.2) is 54.4 Å². The van der Waals surface area contributed by atoms with E-state index in [1.165, 1.54) is 0 Å². The van der Waals surface area contributed by atoms with Crippen LogP contribution in [0.25, 0.3) is 0 Å². The SMILES string of the molecule is Cn1c(=O)[nH]c(=O)n([C@@H]2O[C@H](CO)[C@@H](O)[C@H]2O)c1=O. The van der Waals surface area contributed by atoms with Gasteiger partial charge in [-0.1, -0.05) is 0 Å². The predicted octanol–water partition coefficient (Wildman–Crippen LogP) is -4.15. The zero-order valence-corrected chi connectivity index (χ0v) is 9.89. The third-order valence-corrected chi connectivity index (χ3v) is 3.00. The van der Waals surface area contributed by atoms with Crippen molar-refractivity contribution in [1.29, 1.82) is 0 Å². The van der Waals surface area contributed by atoms with Gasteiger partial charge in [0.2, 0.25) is 0 Å². The molecule has 106 valence electrons. The van der Waals surface area contributed by atoms with Crippen molar-refractivity contribution in [3.05, 3.63) is 31.5 Å². The molecular formula is C9H13N3O7. The quantitative estimate of drug-likeness (QED) is 0.428. The Hall–Kier alpha value is -1.75. The van der Waals surface area contributed by atoms with Gasteiger partial charge < -0.3 is 20.1 Å². The van der Waals surface area contributed by atoms with Crippen LogP contribution in [-0.2, 0) is 11.8 Å². The van der Waals surface area contributed by atoms with Gasteiger partial charge in [0.25, 0.3) is 0 Å². The summed E-state index contributed by atoms with van der Waals surface area (Å²) in [5, 5.41) is 28.2. The van der Waals surface area contributed by atoms with Gasteiger partial charge in [0, 0.05) is 7.05 Å². The number of nitrogens with one attached hydrogen (secondary N) is 1. The van der Waals surface area contributed by atoms with E-state index < -0.39 is 48.2 Å². The highest BCUT2D eigenvalue weighted by atomic mass is 16.6. The molecule has 1 aromatic rings. The van der Waals surface area contributed by atoms with Crippen molar-refractivity contribution in [3.8, 4) is 0 Å². The standard InChI is InChI=1S/C9H13N3O7/c1-11-7(16)10-8(17)12(9(11)18)6-5(15)4(14)3(2-13)19-6/h3-6,13-15H,2H2,1H3,(H,10,16,17)/t3-,4-,5-,6-/m1/s1. The minimum atomic E-state index is -1.58. The average molecular weight is 275 g/mol.